The number of aromatic nitrogens is 4. The van der Waals surface area contributed by atoms with E-state index in [1.165, 1.54) is 17.2 Å². The monoisotopic (exact) mass is 532 g/mol. The number of nitrogens with two attached hydrogens (primary N) is 1. The maximum absolute atomic E-state index is 11.5. The second-order valence-electron chi connectivity index (χ2n) is 7.56. The number of ether oxygens (including phenoxy) is 1. The Morgan fingerprint density at radius 3 is 2.54 bits per heavy atom. The van der Waals surface area contributed by atoms with Crippen molar-refractivity contribution in [3.63, 3.8) is 0 Å². The number of nitrogens with one attached hydrogen (secondary N) is 1. The summed E-state index contributed by atoms with van der Waals surface area (Å²) < 4.78 is 38.2. The molecule has 2 aromatic heterocycles. The Labute approximate surface area is 212 Å². The normalized spacial score (nSPS) is 24.3. The fourth-order valence-electron chi connectivity index (χ4n) is 3.52. The zero-order chi connectivity index (χ0) is 24.9. The first kappa shape index (κ1) is 30.3. The molecule has 5 unspecified atom stereocenters. The van der Waals surface area contributed by atoms with E-state index in [-0.39, 0.29) is 24.5 Å². The number of anilines is 1. The molecule has 3 rings (SSSR count). The van der Waals surface area contributed by atoms with E-state index < -0.39 is 46.8 Å². The van der Waals surface area contributed by atoms with E-state index in [4.69, 9.17) is 19.9 Å². The molecule has 3 heterocycles. The first-order chi connectivity index (χ1) is 16.0. The predicted octanol–water partition coefficient (Wildman–Crippen LogP) is -4.03. The Balaban J connectivity index is 0.00000432. The smallest absolute Gasteiger partial charge is 0.756 e. The van der Waals surface area contributed by atoms with Gasteiger partial charge in [-0.25, -0.2) is 19.5 Å². The third-order valence-corrected chi connectivity index (χ3v) is 6.02. The average Bonchev–Trinajstić information content (AvgIpc) is 3.29. The van der Waals surface area contributed by atoms with E-state index >= 15 is 0 Å². The third kappa shape index (κ3) is 8.55. The molecule has 1 aliphatic heterocycles. The van der Waals surface area contributed by atoms with E-state index in [0.29, 0.717) is 24.4 Å². The fraction of sp³-hybridized carbons (Fsp3) is 0.688. The second kappa shape index (κ2) is 13.0. The molecule has 1 fully saturated rings. The van der Waals surface area contributed by atoms with Crippen LogP contribution in [0.5, 0.6) is 0 Å². The predicted molar refractivity (Wildman–Crippen MR) is 114 cm³/mol. The Morgan fingerprint density at radius 2 is 1.89 bits per heavy atom. The van der Waals surface area contributed by atoms with E-state index in [9.17, 15) is 28.9 Å². The number of phosphoric ester groups is 2. The molecular formula is C16H27LiN6O10P2. The SMILES string of the molecule is NCCCCCCNc1ncnc2c1ncn2C1OC(COP(=O)([O-])O)C(O)C1OP(=O)(O)O.[Li+]. The van der Waals surface area contributed by atoms with Crippen molar-refractivity contribution in [1.82, 2.24) is 19.5 Å². The largest absolute Gasteiger partial charge is 1.00 e. The molecule has 1 saturated heterocycles. The number of nitrogens with zero attached hydrogens (tertiary/aromatic N) is 4. The summed E-state index contributed by atoms with van der Waals surface area (Å²) in [6.07, 6.45) is 0.162. The van der Waals surface area contributed by atoms with Crippen molar-refractivity contribution >= 4 is 32.6 Å². The third-order valence-electron chi connectivity index (χ3n) is 5.03. The molecule has 1 aliphatic rings. The van der Waals surface area contributed by atoms with E-state index in [1.54, 1.807) is 0 Å². The summed E-state index contributed by atoms with van der Waals surface area (Å²) in [5.41, 5.74) is 6.02. The van der Waals surface area contributed by atoms with Crippen LogP contribution in [0.3, 0.4) is 0 Å². The van der Waals surface area contributed by atoms with E-state index in [1.807, 2.05) is 0 Å². The van der Waals surface area contributed by atoms with Gasteiger partial charge in [0.05, 0.1) is 12.9 Å². The van der Waals surface area contributed by atoms with Crippen molar-refractivity contribution in [2.24, 2.45) is 5.73 Å². The van der Waals surface area contributed by atoms with Crippen LogP contribution >= 0.6 is 15.6 Å². The average molecular weight is 532 g/mol. The maximum Gasteiger partial charge on any atom is 1.00 e. The van der Waals surface area contributed by atoms with Crippen LogP contribution in [0.25, 0.3) is 11.2 Å². The number of aliphatic hydroxyl groups is 1. The van der Waals surface area contributed by atoms with Gasteiger partial charge in [0.25, 0.3) is 7.82 Å². The van der Waals surface area contributed by atoms with Gasteiger partial charge in [-0.1, -0.05) is 12.8 Å². The minimum Gasteiger partial charge on any atom is -0.756 e. The first-order valence-corrected chi connectivity index (χ1v) is 13.4. The van der Waals surface area contributed by atoms with Crippen LogP contribution in [0.15, 0.2) is 12.7 Å². The molecule has 19 heteroatoms. The number of hydrogen-bond acceptors (Lipinski definition) is 12. The summed E-state index contributed by atoms with van der Waals surface area (Å²) in [5, 5.41) is 13.6. The molecule has 2 aromatic rings. The minimum atomic E-state index is -5.14. The van der Waals surface area contributed by atoms with Crippen LogP contribution in [0.1, 0.15) is 31.9 Å². The van der Waals surface area contributed by atoms with Crippen molar-refractivity contribution in [3.05, 3.63) is 12.7 Å². The van der Waals surface area contributed by atoms with Crippen LogP contribution in [-0.2, 0) is 22.9 Å². The standard InChI is InChI=1S/C16H28N6O10P2.Li/c17-5-3-1-2-4-6-18-14-11-15(20-8-19-14)22(9-21-11)16-13(32-34(27,28)29)12(23)10(31-16)7-30-33(24,25)26;/h8-10,12-13,16,23H,1-7,17H2,(H,18,19,20)(H2,24,25,26)(H2,27,28,29);/q;+1/p-1. The quantitative estimate of drug-likeness (QED) is 0.0817. The van der Waals surface area contributed by atoms with E-state index in [2.05, 4.69) is 24.8 Å². The molecule has 0 aliphatic carbocycles. The molecule has 7 N–H and O–H groups in total. The minimum absolute atomic E-state index is 0. The summed E-state index contributed by atoms with van der Waals surface area (Å²) in [4.78, 5) is 50.8. The summed E-state index contributed by atoms with van der Waals surface area (Å²) >= 11 is 0. The zero-order valence-corrected chi connectivity index (χ0v) is 20.7. The maximum atomic E-state index is 11.5. The van der Waals surface area contributed by atoms with Crippen molar-refractivity contribution in [2.75, 3.05) is 25.0 Å². The van der Waals surface area contributed by atoms with Gasteiger partial charge < -0.3 is 45.0 Å². The van der Waals surface area contributed by atoms with Gasteiger partial charge in [0.1, 0.15) is 24.6 Å². The molecule has 0 bridgehead atoms. The van der Waals surface area contributed by atoms with Crippen molar-refractivity contribution in [1.29, 1.82) is 0 Å². The van der Waals surface area contributed by atoms with Crippen LogP contribution in [0.2, 0.25) is 0 Å². The molecule has 16 nitrogen and oxygen atoms in total. The van der Waals surface area contributed by atoms with Gasteiger partial charge in [-0.15, -0.1) is 0 Å². The topological polar surface area (TPSA) is 247 Å². The Bertz CT molecular complexity index is 1050. The van der Waals surface area contributed by atoms with Crippen molar-refractivity contribution < 1.29 is 66.5 Å². The van der Waals surface area contributed by atoms with Crippen LogP contribution < -0.4 is 34.8 Å². The number of hydrogen-bond donors (Lipinski definition) is 6. The molecule has 0 radical (unpaired) electrons. The molecule has 5 atom stereocenters. The summed E-state index contributed by atoms with van der Waals surface area (Å²) in [6.45, 7) is 0.432. The zero-order valence-electron chi connectivity index (χ0n) is 18.9. The van der Waals surface area contributed by atoms with Crippen molar-refractivity contribution in [3.8, 4) is 0 Å². The van der Waals surface area contributed by atoms with Gasteiger partial charge in [0, 0.05) is 6.54 Å². The van der Waals surface area contributed by atoms with Crippen LogP contribution in [0.4, 0.5) is 5.82 Å². The van der Waals surface area contributed by atoms with Crippen LogP contribution in [0, 0.1) is 0 Å². The molecule has 0 aromatic carbocycles. The number of rotatable bonds is 13. The van der Waals surface area contributed by atoms with Gasteiger partial charge in [-0.05, 0) is 19.4 Å². The fourth-order valence-corrected chi connectivity index (χ4v) is 4.40. The molecule has 192 valence electrons. The van der Waals surface area contributed by atoms with Crippen LogP contribution in [-0.4, -0.2) is 77.3 Å². The number of imidazole rings is 1. The Hall–Kier alpha value is -0.953. The Morgan fingerprint density at radius 1 is 1.17 bits per heavy atom. The number of aliphatic hydroxyl groups excluding tert-OH is 1. The molecule has 0 spiro atoms. The summed E-state index contributed by atoms with van der Waals surface area (Å²) in [7, 11) is -10.2. The summed E-state index contributed by atoms with van der Waals surface area (Å²) in [5.74, 6) is 0.418. The van der Waals surface area contributed by atoms with Crippen molar-refractivity contribution in [2.45, 2.75) is 50.2 Å². The van der Waals surface area contributed by atoms with E-state index in [0.717, 1.165) is 25.7 Å². The Kier molecular flexibility index (Phi) is 11.3. The molecule has 35 heavy (non-hydrogen) atoms. The molecule has 0 saturated carbocycles. The summed E-state index contributed by atoms with van der Waals surface area (Å²) in [6, 6.07) is 0. The van der Waals surface area contributed by atoms with Gasteiger partial charge >= 0.3 is 26.7 Å². The van der Waals surface area contributed by atoms with Gasteiger partial charge in [-0.2, -0.15) is 0 Å². The number of unbranched alkanes of at least 4 members (excludes halogenated alkanes) is 3. The van der Waals surface area contributed by atoms with Gasteiger partial charge in [0.2, 0.25) is 0 Å². The van der Waals surface area contributed by atoms with Gasteiger partial charge in [0.15, 0.2) is 23.2 Å². The molecule has 0 amide bonds. The van der Waals surface area contributed by atoms with Gasteiger partial charge in [-0.3, -0.25) is 13.7 Å². The first-order valence-electron chi connectivity index (χ1n) is 10.4. The number of phosphoric acid groups is 2. The number of fused-ring (bicyclic) bond motifs is 1. The second-order valence-corrected chi connectivity index (χ2v) is 9.94. The molecular weight excluding hydrogens is 505 g/mol.